The van der Waals surface area contributed by atoms with Crippen molar-refractivity contribution < 1.29 is 68.1 Å². The minimum atomic E-state index is -2.49. The summed E-state index contributed by atoms with van der Waals surface area (Å²) in [5.41, 5.74) is 1.97. The third kappa shape index (κ3) is 15.8. The number of ether oxygens (including phenoxy) is 5. The topological polar surface area (TPSA) is 228 Å². The van der Waals surface area contributed by atoms with Crippen molar-refractivity contribution in [3.05, 3.63) is 53.6 Å². The van der Waals surface area contributed by atoms with E-state index in [1.807, 2.05) is 58.0 Å². The maximum absolute atomic E-state index is 14.5. The molecule has 4 aliphatic rings. The van der Waals surface area contributed by atoms with Crippen LogP contribution in [0.5, 0.6) is 0 Å². The number of nitrogens with zero attached hydrogens (tertiary/aromatic N) is 1. The van der Waals surface area contributed by atoms with Gasteiger partial charge in [0.15, 0.2) is 5.78 Å². The second-order valence-electron chi connectivity index (χ2n) is 22.1. The number of benzene rings is 1. The number of carbonyl (C=O) groups is 5. The van der Waals surface area contributed by atoms with Gasteiger partial charge in [-0.15, -0.1) is 0 Å². The highest BCUT2D eigenvalue weighted by Gasteiger charge is 2.53. The van der Waals surface area contributed by atoms with Gasteiger partial charge in [0.1, 0.15) is 30.1 Å². The third-order valence-electron chi connectivity index (χ3n) is 16.5. The van der Waals surface area contributed by atoms with Crippen LogP contribution in [0.3, 0.4) is 0 Å². The number of methoxy groups -OCH3 is 3. The van der Waals surface area contributed by atoms with E-state index in [0.29, 0.717) is 76.2 Å². The summed E-state index contributed by atoms with van der Waals surface area (Å²) in [5, 5.41) is 49.4. The normalized spacial score (nSPS) is 38.1. The fourth-order valence-electron chi connectivity index (χ4n) is 11.7. The summed E-state index contributed by atoms with van der Waals surface area (Å²) in [4.78, 5) is 72.8. The summed E-state index contributed by atoms with van der Waals surface area (Å²) >= 11 is 0. The predicted octanol–water partition coefficient (Wildman–Crippen LogP) is 6.69. The van der Waals surface area contributed by atoms with E-state index >= 15 is 0 Å². The first-order chi connectivity index (χ1) is 34.6. The number of cyclic esters (lactones) is 1. The van der Waals surface area contributed by atoms with Gasteiger partial charge in [-0.05, 0) is 132 Å². The molecule has 1 amide bonds. The molecule has 0 spiro atoms. The Kier molecular flexibility index (Phi) is 22.8. The van der Waals surface area contributed by atoms with Gasteiger partial charge < -0.3 is 54.3 Å². The molecule has 2 saturated heterocycles. The van der Waals surface area contributed by atoms with Crippen molar-refractivity contribution in [2.24, 2.45) is 35.5 Å². The Morgan fingerprint density at radius 3 is 2.19 bits per heavy atom. The number of aliphatic hydroxyl groups excluding tert-OH is 3. The number of rotatable bonds is 8. The molecule has 5 rings (SSSR count). The highest BCUT2D eigenvalue weighted by molar-refractivity contribution is 6.39. The molecule has 16 nitrogen and oxygen atoms in total. The lowest BCUT2D eigenvalue weighted by atomic mass is 9.78. The summed E-state index contributed by atoms with van der Waals surface area (Å²) in [6, 6.07) is 8.36. The van der Waals surface area contributed by atoms with Crippen LogP contribution >= 0.6 is 0 Å². The van der Waals surface area contributed by atoms with Gasteiger partial charge in [-0.1, -0.05) is 65.0 Å². The van der Waals surface area contributed by atoms with Gasteiger partial charge in [-0.25, -0.2) is 4.79 Å². The molecule has 2 bridgehead atoms. The highest BCUT2D eigenvalue weighted by Crippen LogP contribution is 2.38. The number of amides is 1. The second kappa shape index (κ2) is 27.8. The fourth-order valence-corrected chi connectivity index (χ4v) is 11.7. The molecule has 0 unspecified atom stereocenters. The molecule has 5 N–H and O–H groups in total. The first-order valence-corrected chi connectivity index (χ1v) is 26.9. The van der Waals surface area contributed by atoms with E-state index in [1.165, 1.54) is 19.1 Å². The zero-order valence-corrected chi connectivity index (χ0v) is 45.2. The fraction of sp³-hybridized carbons (Fsp3) is 0.737. The van der Waals surface area contributed by atoms with Crippen molar-refractivity contribution in [2.45, 2.75) is 205 Å². The number of aliphatic hydroxyl groups is 4. The van der Waals surface area contributed by atoms with Crippen LogP contribution in [0.4, 0.5) is 5.69 Å². The van der Waals surface area contributed by atoms with Crippen LogP contribution in [0.2, 0.25) is 0 Å². The Labute approximate surface area is 434 Å². The Bertz CT molecular complexity index is 2050. The van der Waals surface area contributed by atoms with Crippen LogP contribution in [0.25, 0.3) is 0 Å². The summed E-state index contributed by atoms with van der Waals surface area (Å²) in [6.07, 6.45) is 2.55. The van der Waals surface area contributed by atoms with Crippen LogP contribution in [0, 0.1) is 35.5 Å². The molecular formula is C57H88N2O14. The molecule has 1 saturated carbocycles. The number of nitrogens with one attached hydrogen (secondary N) is 1. The van der Waals surface area contributed by atoms with Gasteiger partial charge in [-0.2, -0.15) is 0 Å². The summed E-state index contributed by atoms with van der Waals surface area (Å²) in [6.45, 7) is 12.7. The van der Waals surface area contributed by atoms with Gasteiger partial charge >= 0.3 is 5.97 Å². The Morgan fingerprint density at radius 1 is 0.808 bits per heavy atom. The molecule has 0 radical (unpaired) electrons. The number of Topliss-reactive ketones (excluding diaryl/α,β-unsaturated/α-hetero) is 3. The second-order valence-corrected chi connectivity index (χ2v) is 22.1. The molecule has 73 heavy (non-hydrogen) atoms. The number of ketones is 3. The molecule has 3 heterocycles. The number of fused-ring (bicyclic) bond motifs is 3. The lowest BCUT2D eigenvalue weighted by molar-refractivity contribution is -0.265. The molecule has 3 fully saturated rings. The molecule has 0 aromatic heterocycles. The average molecular weight is 1030 g/mol. The predicted molar refractivity (Wildman–Crippen MR) is 276 cm³/mol. The zero-order chi connectivity index (χ0) is 53.7. The van der Waals surface area contributed by atoms with Crippen LogP contribution in [0.15, 0.2) is 53.6 Å². The standard InChI is InChI=1S/C57H88N2O14/c1-33-26-37(5)51(63)53(71-10)52(64)38(6)27-34(2)47(62)32-49(35(3)28-40-20-24-46(61)50(30-40)70-9)72-56(67)45-18-14-15-25-59(45)55(66)54(65)57(68)39(7)19-22-43(73-57)31-48(69-8)36(4)29-42(60)21-23-44(33)58-41-16-12-11-13-17-41/h11-13,16-17,27,29,33-35,37,39-40,42-46,48-50,52-53,58,60-61,64,68H,14-15,18-26,28,30-32H2,1-10H3/b36-29?,38-27+/t33-,34+,35+,37+,39+,40-,42+,43-,44-,45-,46+,48-,49-,50+,52+,53-,57+/m0/s1. The van der Waals surface area contributed by atoms with Gasteiger partial charge in [0.05, 0.1) is 30.5 Å². The van der Waals surface area contributed by atoms with Crippen molar-refractivity contribution in [2.75, 3.05) is 33.2 Å². The minimum Gasteiger partial charge on any atom is -0.460 e. The lowest BCUT2D eigenvalue weighted by Gasteiger charge is -2.42. The minimum absolute atomic E-state index is 0.0629. The number of anilines is 1. The smallest absolute Gasteiger partial charge is 0.329 e. The van der Waals surface area contributed by atoms with Crippen LogP contribution in [-0.2, 0) is 47.7 Å². The van der Waals surface area contributed by atoms with Gasteiger partial charge in [-0.3, -0.25) is 19.2 Å². The SMILES string of the molecule is CO[C@H]1C[C@@H]2CC[C@@H](C)[C@@](O)(O2)C(=O)C(=O)N2CCCC[C@H]2C(=O)O[C@H]([C@H](C)C[C@@H]2CC[C@@H](O)[C@H](OC)C2)CC(=O)[C@H](C)/C=C(\C)[C@@H](O)[C@@H](OC)C(=O)[C@H](C)C[C@H](C)[C@@H](Nc2ccccc2)CC[C@@H](O)C=C1C. The van der Waals surface area contributed by atoms with E-state index in [0.717, 1.165) is 11.3 Å². The number of para-hydroxylation sites is 1. The van der Waals surface area contributed by atoms with Crippen molar-refractivity contribution in [1.29, 1.82) is 0 Å². The molecule has 1 aromatic carbocycles. The molecule has 410 valence electrons. The average Bonchev–Trinajstić information content (AvgIpc) is 3.37. The van der Waals surface area contributed by atoms with E-state index < -0.39 is 90.0 Å². The molecule has 16 heteroatoms. The number of piperidine rings is 1. The highest BCUT2D eigenvalue weighted by atomic mass is 16.6. The van der Waals surface area contributed by atoms with Crippen molar-refractivity contribution >= 4 is 34.9 Å². The lowest BCUT2D eigenvalue weighted by Crippen LogP contribution is -2.61. The number of hydrogen-bond donors (Lipinski definition) is 5. The Balaban J connectivity index is 1.49. The molecule has 17 atom stereocenters. The van der Waals surface area contributed by atoms with E-state index in [9.17, 15) is 44.4 Å². The maximum atomic E-state index is 14.5. The largest absolute Gasteiger partial charge is 0.460 e. The first-order valence-electron chi connectivity index (χ1n) is 26.9. The van der Waals surface area contributed by atoms with Crippen molar-refractivity contribution in [3.63, 3.8) is 0 Å². The summed E-state index contributed by atoms with van der Waals surface area (Å²) < 4.78 is 29.7. The number of allylic oxidation sites excluding steroid dienone is 1. The quantitative estimate of drug-likeness (QED) is 0.104. The van der Waals surface area contributed by atoms with Crippen LogP contribution in [-0.4, -0.2) is 149 Å². The van der Waals surface area contributed by atoms with Crippen molar-refractivity contribution in [1.82, 2.24) is 4.90 Å². The molecule has 3 aliphatic heterocycles. The van der Waals surface area contributed by atoms with E-state index in [2.05, 4.69) is 5.32 Å². The van der Waals surface area contributed by atoms with E-state index in [4.69, 9.17) is 23.7 Å². The summed E-state index contributed by atoms with van der Waals surface area (Å²) in [7, 11) is 4.47. The van der Waals surface area contributed by atoms with E-state index in [-0.39, 0.29) is 67.3 Å². The van der Waals surface area contributed by atoms with Crippen LogP contribution < -0.4 is 5.32 Å². The summed E-state index contributed by atoms with van der Waals surface area (Å²) in [5.74, 6) is -8.48. The molecule has 1 aromatic rings. The van der Waals surface area contributed by atoms with Crippen molar-refractivity contribution in [3.8, 4) is 0 Å². The molecule has 1 aliphatic carbocycles. The zero-order valence-electron chi connectivity index (χ0n) is 45.2. The Hall–Kier alpha value is -3.87. The van der Waals surface area contributed by atoms with Gasteiger partial charge in [0.2, 0.25) is 5.79 Å². The number of hydrogen-bond acceptors (Lipinski definition) is 15. The van der Waals surface area contributed by atoms with Crippen LogP contribution in [0.1, 0.15) is 138 Å². The van der Waals surface area contributed by atoms with Gasteiger partial charge in [0, 0.05) is 70.2 Å². The van der Waals surface area contributed by atoms with E-state index in [1.54, 1.807) is 40.0 Å². The Morgan fingerprint density at radius 2 is 1.52 bits per heavy atom. The third-order valence-corrected chi connectivity index (χ3v) is 16.5. The number of esters is 1. The molecular weight excluding hydrogens is 937 g/mol. The number of carbonyl (C=O) groups excluding carboxylic acids is 5. The monoisotopic (exact) mass is 1020 g/mol. The van der Waals surface area contributed by atoms with Gasteiger partial charge in [0.25, 0.3) is 11.7 Å². The maximum Gasteiger partial charge on any atom is 0.329 e. The first kappa shape index (κ1) is 60.0.